The van der Waals surface area contributed by atoms with Gasteiger partial charge in [0.2, 0.25) is 0 Å². The minimum Gasteiger partial charge on any atom is -0.345 e. The molecule has 1 unspecified atom stereocenters. The van der Waals surface area contributed by atoms with E-state index in [1.165, 1.54) is 49.3 Å². The Balaban J connectivity index is 1.35. The second kappa shape index (κ2) is 7.26. The Morgan fingerprint density at radius 3 is 2.93 bits per heavy atom. The Bertz CT molecular complexity index is 1030. The van der Waals surface area contributed by atoms with Crippen LogP contribution in [0, 0.1) is 5.82 Å². The van der Waals surface area contributed by atoms with Gasteiger partial charge in [-0.1, -0.05) is 37.1 Å². The van der Waals surface area contributed by atoms with Gasteiger partial charge in [0, 0.05) is 18.0 Å². The highest BCUT2D eigenvalue weighted by Crippen LogP contribution is 2.31. The molecule has 2 fully saturated rings. The average molecular weight is 396 g/mol. The minimum atomic E-state index is -0.255. The molecule has 5 rings (SSSR count). The van der Waals surface area contributed by atoms with Crippen molar-refractivity contribution in [2.75, 3.05) is 13.1 Å². The van der Waals surface area contributed by atoms with Crippen LogP contribution in [0.4, 0.5) is 4.39 Å². The Morgan fingerprint density at radius 1 is 1.14 bits per heavy atom. The van der Waals surface area contributed by atoms with Crippen molar-refractivity contribution in [3.05, 3.63) is 54.0 Å². The molecule has 28 heavy (non-hydrogen) atoms. The molecule has 4 nitrogen and oxygen atoms in total. The molecule has 2 aliphatic rings. The molecule has 1 amide bonds. The Kier molecular flexibility index (Phi) is 4.61. The summed E-state index contributed by atoms with van der Waals surface area (Å²) in [5, 5.41) is 4.07. The zero-order valence-corrected chi connectivity index (χ0v) is 16.3. The number of hydrogen-bond donors (Lipinski definition) is 1. The first-order valence-electron chi connectivity index (χ1n) is 9.89. The number of aromatic nitrogens is 1. The van der Waals surface area contributed by atoms with Crippen LogP contribution in [0.1, 0.15) is 36.2 Å². The molecule has 2 aliphatic heterocycles. The average Bonchev–Trinajstić information content (AvgIpc) is 3.02. The maximum atomic E-state index is 13.5. The predicted molar refractivity (Wildman–Crippen MR) is 110 cm³/mol. The standard InChI is InChI=1S/C22H22FN3OS/c23-16-6-4-5-14(11-16)15-8-9-17-20(12-15)28-25-21(17)22(27)24-18-13-26-10-3-1-2-7-19(18)26/h4-6,8-9,11-12,18-19H,1-3,7,10,13H2,(H,24,27)/t18-,19?/m0/s1. The molecule has 3 aromatic rings. The quantitative estimate of drug-likeness (QED) is 0.712. The molecule has 1 N–H and O–H groups in total. The first kappa shape index (κ1) is 17.8. The molecule has 2 saturated heterocycles. The fraction of sp³-hybridized carbons (Fsp3) is 0.364. The van der Waals surface area contributed by atoms with E-state index in [-0.39, 0.29) is 17.8 Å². The molecule has 0 bridgehead atoms. The minimum absolute atomic E-state index is 0.0846. The van der Waals surface area contributed by atoms with Gasteiger partial charge in [-0.05, 0) is 60.2 Å². The molecule has 6 heteroatoms. The maximum Gasteiger partial charge on any atom is 0.271 e. The van der Waals surface area contributed by atoms with Crippen molar-refractivity contribution in [1.29, 1.82) is 0 Å². The number of benzene rings is 2. The van der Waals surface area contributed by atoms with E-state index in [0.717, 1.165) is 34.3 Å². The summed E-state index contributed by atoms with van der Waals surface area (Å²) in [7, 11) is 0. The van der Waals surface area contributed by atoms with E-state index in [9.17, 15) is 9.18 Å². The lowest BCUT2D eigenvalue weighted by Crippen LogP contribution is -2.66. The lowest BCUT2D eigenvalue weighted by atomic mass is 9.93. The van der Waals surface area contributed by atoms with Crippen molar-refractivity contribution < 1.29 is 9.18 Å². The van der Waals surface area contributed by atoms with Gasteiger partial charge >= 0.3 is 0 Å². The van der Waals surface area contributed by atoms with Crippen LogP contribution in [0.3, 0.4) is 0 Å². The van der Waals surface area contributed by atoms with Gasteiger partial charge in [0.05, 0.1) is 10.7 Å². The number of rotatable bonds is 3. The molecule has 144 valence electrons. The number of nitrogens with one attached hydrogen (secondary N) is 1. The monoisotopic (exact) mass is 395 g/mol. The molecule has 2 aromatic carbocycles. The van der Waals surface area contributed by atoms with E-state index in [1.54, 1.807) is 6.07 Å². The summed E-state index contributed by atoms with van der Waals surface area (Å²) in [5.41, 5.74) is 2.25. The number of carbonyl (C=O) groups excluding carboxylic acids is 1. The van der Waals surface area contributed by atoms with Crippen molar-refractivity contribution in [3.63, 3.8) is 0 Å². The molecule has 3 heterocycles. The van der Waals surface area contributed by atoms with Crippen LogP contribution < -0.4 is 5.32 Å². The smallest absolute Gasteiger partial charge is 0.271 e. The van der Waals surface area contributed by atoms with Crippen LogP contribution in [0.5, 0.6) is 0 Å². The highest BCUT2D eigenvalue weighted by Gasteiger charge is 2.40. The number of halogens is 1. The van der Waals surface area contributed by atoms with E-state index < -0.39 is 0 Å². The number of fused-ring (bicyclic) bond motifs is 2. The molecule has 1 aromatic heterocycles. The molecule has 0 radical (unpaired) electrons. The molecule has 0 aliphatic carbocycles. The second-order valence-corrected chi connectivity index (χ2v) is 8.55. The van der Waals surface area contributed by atoms with Crippen LogP contribution in [0.2, 0.25) is 0 Å². The lowest BCUT2D eigenvalue weighted by molar-refractivity contribution is 0.0410. The maximum absolute atomic E-state index is 13.5. The summed E-state index contributed by atoms with van der Waals surface area (Å²) in [5.74, 6) is -0.339. The SMILES string of the molecule is O=C(N[C@H]1CN2CCCCCC12)c1nsc2cc(-c3cccc(F)c3)ccc12. The number of carbonyl (C=O) groups is 1. The summed E-state index contributed by atoms with van der Waals surface area (Å²) >= 11 is 1.32. The van der Waals surface area contributed by atoms with Gasteiger partial charge in [0.1, 0.15) is 11.5 Å². The fourth-order valence-electron chi connectivity index (χ4n) is 4.44. The summed E-state index contributed by atoms with van der Waals surface area (Å²) in [6, 6.07) is 13.1. The van der Waals surface area contributed by atoms with Gasteiger partial charge in [0.25, 0.3) is 5.91 Å². The largest absolute Gasteiger partial charge is 0.345 e. The van der Waals surface area contributed by atoms with Crippen molar-refractivity contribution in [2.24, 2.45) is 0 Å². The first-order valence-corrected chi connectivity index (χ1v) is 10.7. The zero-order chi connectivity index (χ0) is 19.1. The third kappa shape index (κ3) is 3.20. The van der Waals surface area contributed by atoms with Crippen LogP contribution in [-0.4, -0.2) is 40.4 Å². The fourth-order valence-corrected chi connectivity index (χ4v) is 5.25. The molecular weight excluding hydrogens is 373 g/mol. The van der Waals surface area contributed by atoms with Crippen LogP contribution in [0.15, 0.2) is 42.5 Å². The topological polar surface area (TPSA) is 45.2 Å². The van der Waals surface area contributed by atoms with Gasteiger partial charge in [-0.25, -0.2) is 4.39 Å². The van der Waals surface area contributed by atoms with Gasteiger partial charge in [-0.2, -0.15) is 4.37 Å². The number of nitrogens with zero attached hydrogens (tertiary/aromatic N) is 2. The van der Waals surface area contributed by atoms with E-state index in [4.69, 9.17) is 0 Å². The van der Waals surface area contributed by atoms with E-state index in [0.29, 0.717) is 11.7 Å². The first-order chi connectivity index (χ1) is 13.7. The second-order valence-electron chi connectivity index (χ2n) is 7.74. The molecule has 0 spiro atoms. The Hall–Kier alpha value is -2.31. The third-order valence-electron chi connectivity index (χ3n) is 5.97. The summed E-state index contributed by atoms with van der Waals surface area (Å²) in [6.07, 6.45) is 4.97. The normalized spacial score (nSPS) is 22.3. The number of amides is 1. The molecule has 2 atom stereocenters. The van der Waals surface area contributed by atoms with Crippen molar-refractivity contribution in [2.45, 2.75) is 37.8 Å². The third-order valence-corrected chi connectivity index (χ3v) is 6.78. The Labute approximate surface area is 167 Å². The zero-order valence-electron chi connectivity index (χ0n) is 15.5. The van der Waals surface area contributed by atoms with Gasteiger partial charge in [0.15, 0.2) is 0 Å². The van der Waals surface area contributed by atoms with Gasteiger partial charge in [-0.15, -0.1) is 0 Å². The number of hydrogen-bond acceptors (Lipinski definition) is 4. The van der Waals surface area contributed by atoms with E-state index in [2.05, 4.69) is 14.6 Å². The highest BCUT2D eigenvalue weighted by molar-refractivity contribution is 7.13. The van der Waals surface area contributed by atoms with E-state index in [1.807, 2.05) is 24.3 Å². The van der Waals surface area contributed by atoms with Crippen molar-refractivity contribution >= 4 is 27.5 Å². The summed E-state index contributed by atoms with van der Waals surface area (Å²) < 4.78 is 18.9. The van der Waals surface area contributed by atoms with Crippen LogP contribution >= 0.6 is 11.5 Å². The van der Waals surface area contributed by atoms with Crippen LogP contribution in [0.25, 0.3) is 21.2 Å². The summed E-state index contributed by atoms with van der Waals surface area (Å²) in [6.45, 7) is 2.10. The van der Waals surface area contributed by atoms with Gasteiger partial charge in [-0.3, -0.25) is 9.69 Å². The van der Waals surface area contributed by atoms with Crippen molar-refractivity contribution in [1.82, 2.24) is 14.6 Å². The van der Waals surface area contributed by atoms with Crippen LogP contribution in [-0.2, 0) is 0 Å². The molecule has 0 saturated carbocycles. The molecular formula is C22H22FN3OS. The van der Waals surface area contributed by atoms with Crippen molar-refractivity contribution in [3.8, 4) is 11.1 Å². The highest BCUT2D eigenvalue weighted by atomic mass is 32.1. The van der Waals surface area contributed by atoms with Gasteiger partial charge < -0.3 is 5.32 Å². The lowest BCUT2D eigenvalue weighted by Gasteiger charge is -2.47. The summed E-state index contributed by atoms with van der Waals surface area (Å²) in [4.78, 5) is 15.3. The Morgan fingerprint density at radius 2 is 2.04 bits per heavy atom. The van der Waals surface area contributed by atoms with E-state index >= 15 is 0 Å². The predicted octanol–water partition coefficient (Wildman–Crippen LogP) is 4.46.